The molecule has 0 aliphatic heterocycles. The van der Waals surface area contributed by atoms with Crippen LogP contribution in [-0.2, 0) is 9.13 Å². The molecule has 38 heavy (non-hydrogen) atoms. The van der Waals surface area contributed by atoms with Crippen LogP contribution in [0.1, 0.15) is 22.3 Å². The van der Waals surface area contributed by atoms with E-state index in [1.165, 1.54) is 0 Å². The van der Waals surface area contributed by atoms with Crippen LogP contribution in [0.3, 0.4) is 0 Å². The van der Waals surface area contributed by atoms with Crippen LogP contribution in [0.15, 0.2) is 121 Å². The van der Waals surface area contributed by atoms with Crippen molar-refractivity contribution in [2.24, 2.45) is 0 Å². The first-order valence-corrected chi connectivity index (χ1v) is 16.3. The van der Waals surface area contributed by atoms with Crippen LogP contribution in [0, 0.1) is 27.7 Å². The van der Waals surface area contributed by atoms with Crippen LogP contribution in [0.4, 0.5) is 0 Å². The monoisotopic (exact) mass is 534 g/mol. The first-order chi connectivity index (χ1) is 18.3. The molecule has 0 unspecified atom stereocenters. The van der Waals surface area contributed by atoms with Gasteiger partial charge in [-0.15, -0.1) is 0 Å². The zero-order chi connectivity index (χ0) is 26.9. The highest BCUT2D eigenvalue weighted by Crippen LogP contribution is 2.50. The average molecular weight is 535 g/mol. The molecule has 0 saturated heterocycles. The fourth-order valence-electron chi connectivity index (χ4n) is 5.44. The van der Waals surface area contributed by atoms with Crippen molar-refractivity contribution in [3.05, 3.63) is 144 Å². The lowest BCUT2D eigenvalue weighted by Gasteiger charge is -2.30. The third-order valence-electron chi connectivity index (χ3n) is 7.38. The van der Waals surface area contributed by atoms with E-state index in [0.717, 1.165) is 43.5 Å². The van der Waals surface area contributed by atoms with Crippen molar-refractivity contribution in [3.8, 4) is 0 Å². The van der Waals surface area contributed by atoms with Gasteiger partial charge in [-0.05, 0) is 49.9 Å². The van der Waals surface area contributed by atoms with Crippen molar-refractivity contribution in [1.82, 2.24) is 0 Å². The molecule has 5 aromatic carbocycles. The zero-order valence-corrected chi connectivity index (χ0v) is 24.0. The fraction of sp³-hybridized carbons (Fsp3) is 0.118. The first kappa shape index (κ1) is 26.2. The maximum absolute atomic E-state index is 15.8. The molecule has 4 heteroatoms. The van der Waals surface area contributed by atoms with Crippen molar-refractivity contribution in [1.29, 1.82) is 0 Å². The van der Waals surface area contributed by atoms with Gasteiger partial charge in [-0.3, -0.25) is 0 Å². The van der Waals surface area contributed by atoms with Gasteiger partial charge in [0.2, 0.25) is 0 Å². The number of benzene rings is 5. The molecular formula is C34H32O2P2. The van der Waals surface area contributed by atoms with Crippen molar-refractivity contribution < 1.29 is 9.13 Å². The van der Waals surface area contributed by atoms with Gasteiger partial charge in [0.1, 0.15) is 0 Å². The Bertz CT molecular complexity index is 1510. The lowest BCUT2D eigenvalue weighted by molar-refractivity contribution is 0.590. The molecule has 0 radical (unpaired) electrons. The predicted molar refractivity (Wildman–Crippen MR) is 164 cm³/mol. The molecule has 5 aromatic rings. The van der Waals surface area contributed by atoms with Gasteiger partial charge in [-0.1, -0.05) is 121 Å². The smallest absolute Gasteiger partial charge is 0.172 e. The second kappa shape index (κ2) is 10.4. The van der Waals surface area contributed by atoms with Gasteiger partial charge >= 0.3 is 0 Å². The Kier molecular flexibility index (Phi) is 7.15. The number of hydrogen-bond donors (Lipinski definition) is 0. The van der Waals surface area contributed by atoms with Gasteiger partial charge in [0.15, 0.2) is 14.3 Å². The Hall–Kier alpha value is -3.44. The SMILES string of the molecule is Cc1ccccc1P(=O)(c1ccccc1C)c1ccccc1P(=O)(c1ccccc1C)c1ccccc1C. The Balaban J connectivity index is 1.95. The van der Waals surface area contributed by atoms with Gasteiger partial charge in [0, 0.05) is 31.8 Å². The Morgan fingerprint density at radius 2 is 0.500 bits per heavy atom. The molecule has 0 fully saturated rings. The summed E-state index contributed by atoms with van der Waals surface area (Å²) < 4.78 is 31.7. The van der Waals surface area contributed by atoms with Crippen LogP contribution >= 0.6 is 14.3 Å². The number of rotatable bonds is 6. The maximum Gasteiger partial charge on any atom is 0.172 e. The van der Waals surface area contributed by atoms with E-state index in [4.69, 9.17) is 0 Å². The molecule has 190 valence electrons. The van der Waals surface area contributed by atoms with E-state index in [2.05, 4.69) is 0 Å². The molecule has 0 aliphatic carbocycles. The highest BCUT2D eigenvalue weighted by molar-refractivity contribution is 7.91. The van der Waals surface area contributed by atoms with E-state index >= 15 is 9.13 Å². The summed E-state index contributed by atoms with van der Waals surface area (Å²) in [7, 11) is -6.86. The minimum Gasteiger partial charge on any atom is -0.309 e. The van der Waals surface area contributed by atoms with E-state index in [0.29, 0.717) is 10.6 Å². The second-order valence-electron chi connectivity index (χ2n) is 9.85. The fourth-order valence-corrected chi connectivity index (χ4v) is 12.7. The Labute approximate surface area is 226 Å². The zero-order valence-electron chi connectivity index (χ0n) is 22.3. The van der Waals surface area contributed by atoms with Gasteiger partial charge in [0.05, 0.1) is 0 Å². The molecule has 2 nitrogen and oxygen atoms in total. The standard InChI is InChI=1S/C34H32O2P2/c1-25-15-5-9-19-29(25)37(35,30-20-10-6-16-26(30)2)33-23-13-14-24-34(33)38(36,31-21-11-7-17-27(31)3)32-22-12-8-18-28(32)4/h5-24H,1-4H3. The molecule has 0 aromatic heterocycles. The summed E-state index contributed by atoms with van der Waals surface area (Å²) in [6.07, 6.45) is 0. The van der Waals surface area contributed by atoms with Crippen LogP contribution < -0.4 is 31.8 Å². The van der Waals surface area contributed by atoms with E-state index in [-0.39, 0.29) is 0 Å². The summed E-state index contributed by atoms with van der Waals surface area (Å²) in [5, 5.41) is 4.40. The molecule has 0 saturated carbocycles. The normalized spacial score (nSPS) is 11.9. The highest BCUT2D eigenvalue weighted by atomic mass is 31.2. The average Bonchev–Trinajstić information content (AvgIpc) is 2.93. The first-order valence-electron chi connectivity index (χ1n) is 12.8. The Morgan fingerprint density at radius 1 is 0.316 bits per heavy atom. The lowest BCUT2D eigenvalue weighted by atomic mass is 10.2. The lowest BCUT2D eigenvalue weighted by Crippen LogP contribution is -2.40. The summed E-state index contributed by atoms with van der Waals surface area (Å²) >= 11 is 0. The summed E-state index contributed by atoms with van der Waals surface area (Å²) in [5.74, 6) is 0. The van der Waals surface area contributed by atoms with Crippen molar-refractivity contribution in [3.63, 3.8) is 0 Å². The summed E-state index contributed by atoms with van der Waals surface area (Å²) in [5.41, 5.74) is 3.82. The van der Waals surface area contributed by atoms with Crippen molar-refractivity contribution in [2.75, 3.05) is 0 Å². The van der Waals surface area contributed by atoms with Crippen molar-refractivity contribution in [2.45, 2.75) is 27.7 Å². The number of hydrogen-bond acceptors (Lipinski definition) is 2. The minimum absolute atomic E-state index is 0.637. The Morgan fingerprint density at radius 3 is 0.711 bits per heavy atom. The number of aryl methyl sites for hydroxylation is 4. The van der Waals surface area contributed by atoms with E-state index < -0.39 is 14.3 Å². The van der Waals surface area contributed by atoms with E-state index in [1.54, 1.807) is 0 Å². The molecule has 0 amide bonds. The van der Waals surface area contributed by atoms with Crippen LogP contribution in [0.5, 0.6) is 0 Å². The van der Waals surface area contributed by atoms with Crippen LogP contribution in [0.2, 0.25) is 0 Å². The molecule has 0 N–H and O–H groups in total. The van der Waals surface area contributed by atoms with Crippen LogP contribution in [-0.4, -0.2) is 0 Å². The van der Waals surface area contributed by atoms with Gasteiger partial charge in [-0.25, -0.2) is 0 Å². The van der Waals surface area contributed by atoms with Gasteiger partial charge in [0.25, 0.3) is 0 Å². The molecule has 0 atom stereocenters. The van der Waals surface area contributed by atoms with Gasteiger partial charge in [-0.2, -0.15) is 0 Å². The summed E-state index contributed by atoms with van der Waals surface area (Å²) in [4.78, 5) is 0. The molecule has 0 heterocycles. The molecule has 0 spiro atoms. The van der Waals surface area contributed by atoms with Crippen LogP contribution in [0.25, 0.3) is 0 Å². The summed E-state index contributed by atoms with van der Waals surface area (Å²) in [6, 6.07) is 39.2. The largest absolute Gasteiger partial charge is 0.309 e. The quantitative estimate of drug-likeness (QED) is 0.243. The predicted octanol–water partition coefficient (Wildman–Crippen LogP) is 6.20. The molecule has 0 bridgehead atoms. The minimum atomic E-state index is -3.43. The van der Waals surface area contributed by atoms with Gasteiger partial charge < -0.3 is 9.13 Å². The summed E-state index contributed by atoms with van der Waals surface area (Å²) in [6.45, 7) is 8.02. The third-order valence-corrected chi connectivity index (χ3v) is 14.4. The van der Waals surface area contributed by atoms with E-state index in [9.17, 15) is 0 Å². The highest BCUT2D eigenvalue weighted by Gasteiger charge is 2.41. The second-order valence-corrected chi connectivity index (χ2v) is 15.2. The third kappa shape index (κ3) is 4.23. The molecule has 0 aliphatic rings. The topological polar surface area (TPSA) is 34.1 Å². The maximum atomic E-state index is 15.8. The molecule has 5 rings (SSSR count). The van der Waals surface area contributed by atoms with E-state index in [1.807, 2.05) is 149 Å². The van der Waals surface area contributed by atoms with Crippen molar-refractivity contribution >= 4 is 46.1 Å². The molecular weight excluding hydrogens is 502 g/mol.